The molecule has 1 radical (unpaired) electrons. The topological polar surface area (TPSA) is 25.8 Å². The van der Waals surface area contributed by atoms with E-state index in [1.165, 1.54) is 21.9 Å². The van der Waals surface area contributed by atoms with Crippen LogP contribution in [0.1, 0.15) is 16.7 Å². The summed E-state index contributed by atoms with van der Waals surface area (Å²) < 4.78 is 0. The second kappa shape index (κ2) is 13.4. The maximum absolute atomic E-state index is 4.55. The Morgan fingerprint density at radius 3 is 2.08 bits per heavy atom. The Bertz CT molecular complexity index is 1360. The third-order valence-electron chi connectivity index (χ3n) is 5.93. The van der Waals surface area contributed by atoms with Crippen LogP contribution in [0, 0.1) is 19.1 Å². The van der Waals surface area contributed by atoms with Gasteiger partial charge in [-0.15, -0.1) is 71.3 Å². The molecule has 37 heavy (non-hydrogen) atoms. The second-order valence-electron chi connectivity index (χ2n) is 9.95. The summed E-state index contributed by atoms with van der Waals surface area (Å²) in [5.74, 6) is 0. The largest absolute Gasteiger partial charge is 0.305 e. The summed E-state index contributed by atoms with van der Waals surface area (Å²) in [6.45, 7) is 9.08. The molecule has 0 aliphatic heterocycles. The standard InChI is InChI=1S/C18H14N.C15H18NSi.Ir/c1-3-7-15(8-4-1)13-16-11-12-19-18(14-16)17-9-5-2-6-10-17;1-12-5-7-13(8-6-12)15-10-9-14(11-16-15)17(2,3)4;/h1-9,11-12,14H,13H2;5-7,9-11H,1-4H3;/q2*-1;. The van der Waals surface area contributed by atoms with Crippen molar-refractivity contribution in [1.29, 1.82) is 0 Å². The minimum atomic E-state index is -1.24. The number of benzene rings is 3. The monoisotopic (exact) mass is 677 g/mol. The van der Waals surface area contributed by atoms with Gasteiger partial charge >= 0.3 is 0 Å². The molecule has 0 atom stereocenters. The number of aryl methyl sites for hydroxylation is 1. The number of aromatic nitrogens is 2. The quantitative estimate of drug-likeness (QED) is 0.142. The first kappa shape index (κ1) is 28.4. The fourth-order valence-corrected chi connectivity index (χ4v) is 4.81. The number of nitrogens with zero attached hydrogens (tertiary/aromatic N) is 2. The molecule has 2 aromatic heterocycles. The third kappa shape index (κ3) is 8.43. The van der Waals surface area contributed by atoms with Crippen LogP contribution in [-0.2, 0) is 26.5 Å². The number of rotatable bonds is 5. The Balaban J connectivity index is 0.000000201. The van der Waals surface area contributed by atoms with Crippen molar-refractivity contribution in [2.24, 2.45) is 0 Å². The molecule has 0 fully saturated rings. The summed E-state index contributed by atoms with van der Waals surface area (Å²) in [5.41, 5.74) is 7.91. The van der Waals surface area contributed by atoms with E-state index < -0.39 is 8.07 Å². The summed E-state index contributed by atoms with van der Waals surface area (Å²) in [6, 6.07) is 39.6. The fraction of sp³-hybridized carbons (Fsp3) is 0.152. The van der Waals surface area contributed by atoms with Crippen molar-refractivity contribution in [1.82, 2.24) is 9.97 Å². The van der Waals surface area contributed by atoms with Gasteiger partial charge in [-0.05, 0) is 40.2 Å². The summed E-state index contributed by atoms with van der Waals surface area (Å²) >= 11 is 0. The summed E-state index contributed by atoms with van der Waals surface area (Å²) in [6.07, 6.45) is 4.83. The van der Waals surface area contributed by atoms with Gasteiger partial charge in [0.15, 0.2) is 0 Å². The fourth-order valence-electron chi connectivity index (χ4n) is 3.77. The van der Waals surface area contributed by atoms with E-state index in [4.69, 9.17) is 0 Å². The first-order valence-electron chi connectivity index (χ1n) is 12.3. The van der Waals surface area contributed by atoms with Crippen LogP contribution in [0.3, 0.4) is 0 Å². The Hall–Kier alpha value is -3.17. The third-order valence-corrected chi connectivity index (χ3v) is 7.96. The van der Waals surface area contributed by atoms with Crippen LogP contribution >= 0.6 is 0 Å². The average Bonchev–Trinajstić information content (AvgIpc) is 2.90. The maximum atomic E-state index is 4.55. The zero-order chi connectivity index (χ0) is 25.4. The van der Waals surface area contributed by atoms with E-state index in [1.54, 1.807) is 0 Å². The Labute approximate surface area is 236 Å². The van der Waals surface area contributed by atoms with Gasteiger partial charge in [0.2, 0.25) is 0 Å². The van der Waals surface area contributed by atoms with Crippen LogP contribution in [-0.4, -0.2) is 18.0 Å². The molecule has 0 amide bonds. The minimum Gasteiger partial charge on any atom is -0.305 e. The van der Waals surface area contributed by atoms with Gasteiger partial charge in [-0.1, -0.05) is 75.1 Å². The van der Waals surface area contributed by atoms with Gasteiger partial charge in [0.1, 0.15) is 0 Å². The number of hydrogen-bond acceptors (Lipinski definition) is 2. The predicted molar refractivity (Wildman–Crippen MR) is 154 cm³/mol. The van der Waals surface area contributed by atoms with Crippen LogP contribution in [0.15, 0.2) is 109 Å². The van der Waals surface area contributed by atoms with Crippen LogP contribution in [0.5, 0.6) is 0 Å². The molecule has 2 heterocycles. The summed E-state index contributed by atoms with van der Waals surface area (Å²) in [7, 11) is -1.24. The van der Waals surface area contributed by atoms with Crippen molar-refractivity contribution >= 4 is 13.3 Å². The second-order valence-corrected chi connectivity index (χ2v) is 15.0. The average molecular weight is 677 g/mol. The molecule has 3 aromatic carbocycles. The molecule has 0 saturated carbocycles. The van der Waals surface area contributed by atoms with Crippen molar-refractivity contribution in [2.45, 2.75) is 33.0 Å². The first-order valence-corrected chi connectivity index (χ1v) is 15.8. The van der Waals surface area contributed by atoms with E-state index in [2.05, 4.69) is 109 Å². The molecular formula is C33H32IrN2Si-2. The van der Waals surface area contributed by atoms with Gasteiger partial charge in [-0.2, -0.15) is 0 Å². The van der Waals surface area contributed by atoms with Crippen molar-refractivity contribution < 1.29 is 20.1 Å². The normalized spacial score (nSPS) is 10.6. The van der Waals surface area contributed by atoms with E-state index in [9.17, 15) is 0 Å². The molecule has 0 aliphatic carbocycles. The molecular weight excluding hydrogens is 645 g/mol. The van der Waals surface area contributed by atoms with Gasteiger partial charge in [-0.3, -0.25) is 0 Å². The minimum absolute atomic E-state index is 0. The van der Waals surface area contributed by atoms with Gasteiger partial charge in [-0.25, -0.2) is 0 Å². The smallest absolute Gasteiger partial charge is 0.0795 e. The molecule has 0 unspecified atom stereocenters. The van der Waals surface area contributed by atoms with Gasteiger partial charge in [0.25, 0.3) is 0 Å². The van der Waals surface area contributed by atoms with E-state index in [0.29, 0.717) is 0 Å². The Morgan fingerprint density at radius 2 is 1.46 bits per heavy atom. The van der Waals surface area contributed by atoms with Gasteiger partial charge < -0.3 is 9.97 Å². The molecule has 189 valence electrons. The van der Waals surface area contributed by atoms with E-state index in [1.807, 2.05) is 48.8 Å². The molecule has 0 aliphatic rings. The van der Waals surface area contributed by atoms with Crippen LogP contribution in [0.4, 0.5) is 0 Å². The van der Waals surface area contributed by atoms with Gasteiger partial charge in [0, 0.05) is 32.5 Å². The number of hydrogen-bond donors (Lipinski definition) is 0. The predicted octanol–water partition coefficient (Wildman–Crippen LogP) is 7.54. The van der Waals surface area contributed by atoms with Crippen molar-refractivity contribution in [3.05, 3.63) is 138 Å². The zero-order valence-corrected chi connectivity index (χ0v) is 25.2. The Kier molecular flexibility index (Phi) is 10.3. The molecule has 2 nitrogen and oxygen atoms in total. The SMILES string of the molecule is Cc1c[c-]c(-c2ccc([Si](C)(C)C)cn2)cc1.[Ir].[c-]1ccccc1-c1cc(Cc2ccccc2)ccn1. The van der Waals surface area contributed by atoms with Crippen LogP contribution in [0.25, 0.3) is 22.5 Å². The first-order chi connectivity index (χ1) is 17.4. The van der Waals surface area contributed by atoms with Crippen molar-refractivity contribution in [3.63, 3.8) is 0 Å². The molecule has 0 bridgehead atoms. The molecule has 0 saturated heterocycles. The van der Waals surface area contributed by atoms with Crippen molar-refractivity contribution in [3.8, 4) is 22.5 Å². The number of pyridine rings is 2. The summed E-state index contributed by atoms with van der Waals surface area (Å²) in [5, 5.41) is 1.40. The van der Waals surface area contributed by atoms with Crippen LogP contribution in [0.2, 0.25) is 19.6 Å². The molecule has 5 aromatic rings. The van der Waals surface area contributed by atoms with E-state index in [0.717, 1.165) is 28.9 Å². The molecule has 4 heteroatoms. The maximum Gasteiger partial charge on any atom is 0.0795 e. The molecule has 0 spiro atoms. The van der Waals surface area contributed by atoms with E-state index in [-0.39, 0.29) is 20.1 Å². The molecule has 0 N–H and O–H groups in total. The Morgan fingerprint density at radius 1 is 0.703 bits per heavy atom. The van der Waals surface area contributed by atoms with E-state index >= 15 is 0 Å². The van der Waals surface area contributed by atoms with Crippen LogP contribution < -0.4 is 5.19 Å². The van der Waals surface area contributed by atoms with Gasteiger partial charge in [0.05, 0.1) is 8.07 Å². The molecule has 5 rings (SSSR count). The summed E-state index contributed by atoms with van der Waals surface area (Å²) in [4.78, 5) is 8.97. The van der Waals surface area contributed by atoms with Crippen molar-refractivity contribution in [2.75, 3.05) is 0 Å². The zero-order valence-electron chi connectivity index (χ0n) is 21.8.